The first-order valence-corrected chi connectivity index (χ1v) is 9.54. The van der Waals surface area contributed by atoms with Gasteiger partial charge in [-0.3, -0.25) is 4.79 Å². The van der Waals surface area contributed by atoms with Crippen molar-refractivity contribution in [1.29, 1.82) is 0 Å². The summed E-state index contributed by atoms with van der Waals surface area (Å²) >= 11 is 1.29. The Labute approximate surface area is 163 Å². The van der Waals surface area contributed by atoms with Crippen LogP contribution in [-0.4, -0.2) is 21.6 Å². The lowest BCUT2D eigenvalue weighted by Crippen LogP contribution is -2.14. The molecule has 5 nitrogen and oxygen atoms in total. The van der Waals surface area contributed by atoms with E-state index >= 15 is 0 Å². The molecule has 0 bridgehead atoms. The van der Waals surface area contributed by atoms with Gasteiger partial charge in [0.1, 0.15) is 5.75 Å². The third-order valence-electron chi connectivity index (χ3n) is 3.71. The Morgan fingerprint density at radius 2 is 1.63 bits per heavy atom. The predicted octanol–water partition coefficient (Wildman–Crippen LogP) is 4.92. The van der Waals surface area contributed by atoms with Crippen LogP contribution in [0.15, 0.2) is 59.9 Å². The van der Waals surface area contributed by atoms with Crippen molar-refractivity contribution in [2.24, 2.45) is 0 Å². The number of ether oxygens (including phenoxy) is 1. The van der Waals surface area contributed by atoms with E-state index in [0.29, 0.717) is 16.7 Å². The number of aryl methyl sites for hydroxylation is 3. The second kappa shape index (κ2) is 8.68. The molecule has 6 heteroatoms. The van der Waals surface area contributed by atoms with Gasteiger partial charge in [-0.1, -0.05) is 35.5 Å². The lowest BCUT2D eigenvalue weighted by atomic mass is 10.1. The van der Waals surface area contributed by atoms with E-state index in [1.54, 1.807) is 12.4 Å². The van der Waals surface area contributed by atoms with Gasteiger partial charge in [0.2, 0.25) is 5.91 Å². The van der Waals surface area contributed by atoms with Gasteiger partial charge in [-0.25, -0.2) is 9.97 Å². The number of hydrogen-bond donors (Lipinski definition) is 1. The largest absolute Gasteiger partial charge is 0.437 e. The van der Waals surface area contributed by atoms with Crippen molar-refractivity contribution < 1.29 is 9.53 Å². The summed E-state index contributed by atoms with van der Waals surface area (Å²) in [5.74, 6) is 1.20. The van der Waals surface area contributed by atoms with Crippen molar-refractivity contribution in [3.05, 3.63) is 71.5 Å². The summed E-state index contributed by atoms with van der Waals surface area (Å²) in [5.41, 5.74) is 4.17. The fourth-order valence-electron chi connectivity index (χ4n) is 2.58. The first-order valence-electron chi connectivity index (χ1n) is 8.56. The molecule has 0 radical (unpaired) electrons. The van der Waals surface area contributed by atoms with Gasteiger partial charge >= 0.3 is 0 Å². The molecule has 0 spiro atoms. The van der Waals surface area contributed by atoms with Gasteiger partial charge in [0.15, 0.2) is 5.03 Å². The number of nitrogens with zero attached hydrogens (tertiary/aromatic N) is 2. The van der Waals surface area contributed by atoms with E-state index in [1.165, 1.54) is 11.8 Å². The molecule has 1 aromatic heterocycles. The number of carbonyl (C=O) groups excluding carboxylic acids is 1. The van der Waals surface area contributed by atoms with E-state index in [2.05, 4.69) is 21.4 Å². The van der Waals surface area contributed by atoms with Crippen molar-refractivity contribution in [3.8, 4) is 11.6 Å². The van der Waals surface area contributed by atoms with E-state index in [4.69, 9.17) is 4.74 Å². The summed E-state index contributed by atoms with van der Waals surface area (Å²) < 4.78 is 5.82. The van der Waals surface area contributed by atoms with Gasteiger partial charge in [0.25, 0.3) is 5.88 Å². The number of amides is 1. The maximum absolute atomic E-state index is 12.3. The zero-order valence-electron chi connectivity index (χ0n) is 15.5. The van der Waals surface area contributed by atoms with Crippen molar-refractivity contribution >= 4 is 23.4 Å². The average Bonchev–Trinajstić information content (AvgIpc) is 2.62. The Morgan fingerprint density at radius 1 is 0.963 bits per heavy atom. The highest BCUT2D eigenvalue weighted by Crippen LogP contribution is 2.29. The van der Waals surface area contributed by atoms with Crippen LogP contribution >= 0.6 is 11.8 Å². The zero-order chi connectivity index (χ0) is 19.2. The van der Waals surface area contributed by atoms with Crippen LogP contribution in [0.3, 0.4) is 0 Å². The van der Waals surface area contributed by atoms with Crippen LogP contribution < -0.4 is 10.1 Å². The van der Waals surface area contributed by atoms with E-state index < -0.39 is 0 Å². The second-order valence-corrected chi connectivity index (χ2v) is 7.26. The summed E-state index contributed by atoms with van der Waals surface area (Å²) in [7, 11) is 0. The van der Waals surface area contributed by atoms with Crippen molar-refractivity contribution in [2.45, 2.75) is 25.8 Å². The summed E-state index contributed by atoms with van der Waals surface area (Å²) in [6.45, 7) is 6.03. The molecule has 0 saturated heterocycles. The topological polar surface area (TPSA) is 64.1 Å². The third-order valence-corrected chi connectivity index (χ3v) is 4.67. The Balaban J connectivity index is 1.63. The Morgan fingerprint density at radius 3 is 2.33 bits per heavy atom. The van der Waals surface area contributed by atoms with E-state index in [-0.39, 0.29) is 11.7 Å². The third kappa shape index (κ3) is 5.56. The molecule has 2 aromatic carbocycles. The minimum absolute atomic E-state index is 0.100. The SMILES string of the molecule is Cc1ccc(Oc2nccnc2SCC(=O)Nc2cc(C)cc(C)c2)cc1. The van der Waals surface area contributed by atoms with Gasteiger partial charge in [0.05, 0.1) is 5.75 Å². The molecule has 0 aliphatic rings. The van der Waals surface area contributed by atoms with Crippen molar-refractivity contribution in [2.75, 3.05) is 11.1 Å². The highest BCUT2D eigenvalue weighted by molar-refractivity contribution is 8.00. The molecule has 27 heavy (non-hydrogen) atoms. The molecule has 0 unspecified atom stereocenters. The molecule has 3 rings (SSSR count). The molecular formula is C21H21N3O2S. The summed E-state index contributed by atoms with van der Waals surface area (Å²) in [4.78, 5) is 20.8. The van der Waals surface area contributed by atoms with Gasteiger partial charge < -0.3 is 10.1 Å². The Kier molecular flexibility index (Phi) is 6.08. The first-order chi connectivity index (χ1) is 13.0. The number of anilines is 1. The van der Waals surface area contributed by atoms with E-state index in [0.717, 1.165) is 22.4 Å². The summed E-state index contributed by atoms with van der Waals surface area (Å²) in [5, 5.41) is 3.50. The highest BCUT2D eigenvalue weighted by Gasteiger charge is 2.12. The van der Waals surface area contributed by atoms with Crippen LogP contribution in [0.4, 0.5) is 5.69 Å². The Bertz CT molecular complexity index is 922. The molecule has 1 heterocycles. The number of nitrogens with one attached hydrogen (secondary N) is 1. The molecule has 0 aliphatic carbocycles. The monoisotopic (exact) mass is 379 g/mol. The Hall–Kier alpha value is -2.86. The lowest BCUT2D eigenvalue weighted by molar-refractivity contribution is -0.113. The van der Waals surface area contributed by atoms with Gasteiger partial charge in [0, 0.05) is 18.1 Å². The lowest BCUT2D eigenvalue weighted by Gasteiger charge is -2.10. The van der Waals surface area contributed by atoms with Gasteiger partial charge in [-0.05, 0) is 56.2 Å². The number of thioether (sulfide) groups is 1. The van der Waals surface area contributed by atoms with Crippen LogP contribution in [0.25, 0.3) is 0 Å². The van der Waals surface area contributed by atoms with Crippen molar-refractivity contribution in [3.63, 3.8) is 0 Å². The molecular weight excluding hydrogens is 358 g/mol. The number of aromatic nitrogens is 2. The standard InChI is InChI=1S/C21H21N3O2S/c1-14-4-6-18(7-5-14)26-20-21(23-9-8-22-20)27-13-19(25)24-17-11-15(2)10-16(3)12-17/h4-12H,13H2,1-3H3,(H,24,25). The number of rotatable bonds is 6. The minimum Gasteiger partial charge on any atom is -0.437 e. The van der Waals surface area contributed by atoms with Crippen molar-refractivity contribution in [1.82, 2.24) is 9.97 Å². The molecule has 1 N–H and O–H groups in total. The fraction of sp³-hybridized carbons (Fsp3) is 0.190. The summed E-state index contributed by atoms with van der Waals surface area (Å²) in [6.07, 6.45) is 3.16. The van der Waals surface area contributed by atoms with Crippen LogP contribution in [0.2, 0.25) is 0 Å². The van der Waals surface area contributed by atoms with Gasteiger partial charge in [-0.15, -0.1) is 0 Å². The predicted molar refractivity (Wildman–Crippen MR) is 109 cm³/mol. The normalized spacial score (nSPS) is 10.5. The maximum Gasteiger partial charge on any atom is 0.252 e. The molecule has 0 atom stereocenters. The quantitative estimate of drug-likeness (QED) is 0.616. The number of hydrogen-bond acceptors (Lipinski definition) is 5. The molecule has 0 fully saturated rings. The average molecular weight is 379 g/mol. The maximum atomic E-state index is 12.3. The molecule has 0 saturated carbocycles. The van der Waals surface area contributed by atoms with E-state index in [9.17, 15) is 4.79 Å². The van der Waals surface area contributed by atoms with Crippen LogP contribution in [-0.2, 0) is 4.79 Å². The summed E-state index contributed by atoms with van der Waals surface area (Å²) in [6, 6.07) is 13.7. The fourth-order valence-corrected chi connectivity index (χ4v) is 3.27. The molecule has 3 aromatic rings. The smallest absolute Gasteiger partial charge is 0.252 e. The number of benzene rings is 2. The minimum atomic E-state index is -0.100. The molecule has 138 valence electrons. The van der Waals surface area contributed by atoms with Crippen LogP contribution in [0.5, 0.6) is 11.6 Å². The van der Waals surface area contributed by atoms with Crippen LogP contribution in [0.1, 0.15) is 16.7 Å². The van der Waals surface area contributed by atoms with Gasteiger partial charge in [-0.2, -0.15) is 0 Å². The molecule has 0 aliphatic heterocycles. The zero-order valence-corrected chi connectivity index (χ0v) is 16.3. The second-order valence-electron chi connectivity index (χ2n) is 6.30. The van der Waals surface area contributed by atoms with Crippen LogP contribution in [0, 0.1) is 20.8 Å². The highest BCUT2D eigenvalue weighted by atomic mass is 32.2. The number of carbonyl (C=O) groups is 1. The molecule has 1 amide bonds. The first kappa shape index (κ1) is 18.9. The van der Waals surface area contributed by atoms with E-state index in [1.807, 2.05) is 57.2 Å².